The molecule has 0 radical (unpaired) electrons. The molecule has 0 fully saturated rings. The summed E-state index contributed by atoms with van der Waals surface area (Å²) in [6.07, 6.45) is -0.493. The van der Waals surface area contributed by atoms with Crippen LogP contribution in [0.5, 0.6) is 0 Å². The first-order valence-electron chi connectivity index (χ1n) is 4.32. The van der Waals surface area contributed by atoms with E-state index in [1.165, 1.54) is 6.07 Å². The largest absolute Gasteiger partial charge is 0.361 e. The average Bonchev–Trinajstić information content (AvgIpc) is 2.19. The standard InChI is InChI=1S/C9H7Cl5N2O/c10-5-1-2-7(6(11)3-5)16-8(15-4-17)9(12,13)14/h1-4,8,16H,(H,15,17)/t8-/m1/s1. The number of carbonyl (C=O) groups is 1. The Labute approximate surface area is 123 Å². The summed E-state index contributed by atoms with van der Waals surface area (Å²) in [4.78, 5) is 10.4. The van der Waals surface area contributed by atoms with Crippen LogP contribution in [0.2, 0.25) is 10.0 Å². The van der Waals surface area contributed by atoms with E-state index in [0.717, 1.165) is 0 Å². The zero-order valence-electron chi connectivity index (χ0n) is 8.18. The Balaban J connectivity index is 2.90. The lowest BCUT2D eigenvalue weighted by atomic mass is 10.3. The Morgan fingerprint density at radius 3 is 2.35 bits per heavy atom. The third-order valence-corrected chi connectivity index (χ3v) is 3.00. The zero-order valence-corrected chi connectivity index (χ0v) is 12.0. The normalized spacial score (nSPS) is 13.0. The van der Waals surface area contributed by atoms with E-state index in [9.17, 15) is 4.79 Å². The fourth-order valence-corrected chi connectivity index (χ4v) is 1.86. The van der Waals surface area contributed by atoms with Crippen LogP contribution in [0, 0.1) is 0 Å². The molecule has 1 aromatic rings. The second-order valence-corrected chi connectivity index (χ2v) is 6.24. The van der Waals surface area contributed by atoms with Crippen molar-refractivity contribution in [2.75, 3.05) is 5.32 Å². The Morgan fingerprint density at radius 1 is 1.24 bits per heavy atom. The van der Waals surface area contributed by atoms with Crippen LogP contribution in [0.1, 0.15) is 0 Å². The number of halogens is 5. The van der Waals surface area contributed by atoms with E-state index in [4.69, 9.17) is 58.0 Å². The molecule has 0 unspecified atom stereocenters. The highest BCUT2D eigenvalue weighted by Crippen LogP contribution is 2.33. The third-order valence-electron chi connectivity index (χ3n) is 1.79. The lowest BCUT2D eigenvalue weighted by Gasteiger charge is -2.26. The van der Waals surface area contributed by atoms with Crippen molar-refractivity contribution in [1.82, 2.24) is 5.32 Å². The number of rotatable bonds is 4. The zero-order chi connectivity index (χ0) is 13.1. The Morgan fingerprint density at radius 2 is 1.88 bits per heavy atom. The monoisotopic (exact) mass is 334 g/mol. The van der Waals surface area contributed by atoms with E-state index in [0.29, 0.717) is 22.1 Å². The topological polar surface area (TPSA) is 41.1 Å². The molecule has 94 valence electrons. The van der Waals surface area contributed by atoms with Crippen molar-refractivity contribution in [1.29, 1.82) is 0 Å². The first-order valence-corrected chi connectivity index (χ1v) is 6.21. The fourth-order valence-electron chi connectivity index (χ4n) is 1.05. The number of carbonyl (C=O) groups excluding carboxylic acids is 1. The Kier molecular flexibility index (Phi) is 5.48. The number of anilines is 1. The molecule has 8 heteroatoms. The van der Waals surface area contributed by atoms with Crippen molar-refractivity contribution >= 4 is 70.1 Å². The lowest BCUT2D eigenvalue weighted by molar-refractivity contribution is -0.110. The smallest absolute Gasteiger partial charge is 0.228 e. The summed E-state index contributed by atoms with van der Waals surface area (Å²) < 4.78 is -1.72. The first kappa shape index (κ1) is 15.0. The number of benzene rings is 1. The number of amides is 1. The maximum atomic E-state index is 10.4. The molecule has 0 bridgehead atoms. The van der Waals surface area contributed by atoms with Gasteiger partial charge in [0, 0.05) is 5.02 Å². The molecule has 0 aliphatic heterocycles. The van der Waals surface area contributed by atoms with Crippen LogP contribution >= 0.6 is 58.0 Å². The molecule has 0 saturated heterocycles. The van der Waals surface area contributed by atoms with Crippen molar-refractivity contribution in [2.45, 2.75) is 9.96 Å². The van der Waals surface area contributed by atoms with Gasteiger partial charge in [-0.2, -0.15) is 0 Å². The van der Waals surface area contributed by atoms with Crippen molar-refractivity contribution in [3.05, 3.63) is 28.2 Å². The van der Waals surface area contributed by atoms with Crippen LogP contribution in [-0.2, 0) is 4.79 Å². The van der Waals surface area contributed by atoms with E-state index in [-0.39, 0.29) is 0 Å². The molecular formula is C9H7Cl5N2O. The minimum Gasteiger partial charge on any atom is -0.361 e. The average molecular weight is 336 g/mol. The SMILES string of the molecule is O=CN[C@H](Nc1ccc(Cl)cc1Cl)C(Cl)(Cl)Cl. The number of hydrogen-bond acceptors (Lipinski definition) is 2. The molecule has 0 heterocycles. The van der Waals surface area contributed by atoms with Crippen LogP contribution in [0.25, 0.3) is 0 Å². The number of nitrogens with one attached hydrogen (secondary N) is 2. The lowest BCUT2D eigenvalue weighted by Crippen LogP contribution is -2.45. The van der Waals surface area contributed by atoms with Crippen LogP contribution in [-0.4, -0.2) is 16.4 Å². The molecule has 0 spiro atoms. The number of hydrogen-bond donors (Lipinski definition) is 2. The second kappa shape index (κ2) is 6.21. The molecule has 3 nitrogen and oxygen atoms in total. The Bertz CT molecular complexity index is 407. The van der Waals surface area contributed by atoms with E-state index in [1.807, 2.05) is 0 Å². The summed E-state index contributed by atoms with van der Waals surface area (Å²) in [5.41, 5.74) is 0.488. The molecule has 0 aromatic heterocycles. The molecule has 1 aromatic carbocycles. The van der Waals surface area contributed by atoms with E-state index < -0.39 is 9.96 Å². The van der Waals surface area contributed by atoms with Gasteiger partial charge in [-0.05, 0) is 18.2 Å². The van der Waals surface area contributed by atoms with Crippen LogP contribution in [0.4, 0.5) is 5.69 Å². The molecule has 2 N–H and O–H groups in total. The van der Waals surface area contributed by atoms with Gasteiger partial charge in [0.15, 0.2) is 0 Å². The van der Waals surface area contributed by atoms with Gasteiger partial charge in [0.1, 0.15) is 6.17 Å². The molecule has 0 aliphatic rings. The van der Waals surface area contributed by atoms with Crippen LogP contribution in [0.15, 0.2) is 18.2 Å². The van der Waals surface area contributed by atoms with Gasteiger partial charge in [-0.25, -0.2) is 0 Å². The summed E-state index contributed by atoms with van der Waals surface area (Å²) in [6.45, 7) is 0. The van der Waals surface area contributed by atoms with Gasteiger partial charge in [-0.1, -0.05) is 58.0 Å². The van der Waals surface area contributed by atoms with E-state index >= 15 is 0 Å². The molecule has 1 amide bonds. The molecule has 17 heavy (non-hydrogen) atoms. The minimum atomic E-state index is -1.72. The summed E-state index contributed by atoms with van der Waals surface area (Å²) >= 11 is 28.7. The highest BCUT2D eigenvalue weighted by atomic mass is 35.6. The van der Waals surface area contributed by atoms with Gasteiger partial charge in [-0.3, -0.25) is 4.79 Å². The van der Waals surface area contributed by atoms with Gasteiger partial charge in [0.05, 0.1) is 10.7 Å². The summed E-state index contributed by atoms with van der Waals surface area (Å²) in [5.74, 6) is 0. The van der Waals surface area contributed by atoms with Gasteiger partial charge in [0.2, 0.25) is 10.2 Å². The first-order chi connectivity index (χ1) is 7.84. The third kappa shape index (κ3) is 4.60. The van der Waals surface area contributed by atoms with Crippen molar-refractivity contribution < 1.29 is 4.79 Å². The number of alkyl halides is 3. The maximum Gasteiger partial charge on any atom is 0.228 e. The molecule has 1 rings (SSSR count). The maximum absolute atomic E-state index is 10.4. The Hall–Kier alpha value is -0.0600. The van der Waals surface area contributed by atoms with Crippen LogP contribution < -0.4 is 10.6 Å². The predicted octanol–water partition coefficient (Wildman–Crippen LogP) is 3.85. The minimum absolute atomic E-state index is 0.351. The second-order valence-electron chi connectivity index (χ2n) is 3.03. The quantitative estimate of drug-likeness (QED) is 0.498. The molecule has 0 aliphatic carbocycles. The highest BCUT2D eigenvalue weighted by Gasteiger charge is 2.32. The summed E-state index contributed by atoms with van der Waals surface area (Å²) in [5, 5.41) is 5.95. The van der Waals surface area contributed by atoms with E-state index in [2.05, 4.69) is 10.6 Å². The van der Waals surface area contributed by atoms with Gasteiger partial charge < -0.3 is 10.6 Å². The fraction of sp³-hybridized carbons (Fsp3) is 0.222. The molecule has 1 atom stereocenters. The van der Waals surface area contributed by atoms with Crippen molar-refractivity contribution in [3.63, 3.8) is 0 Å². The molecular weight excluding hydrogens is 329 g/mol. The van der Waals surface area contributed by atoms with Crippen molar-refractivity contribution in [2.24, 2.45) is 0 Å². The van der Waals surface area contributed by atoms with E-state index in [1.54, 1.807) is 12.1 Å². The van der Waals surface area contributed by atoms with Crippen LogP contribution in [0.3, 0.4) is 0 Å². The predicted molar refractivity (Wildman–Crippen MR) is 73.4 cm³/mol. The van der Waals surface area contributed by atoms with Gasteiger partial charge in [0.25, 0.3) is 0 Å². The summed E-state index contributed by atoms with van der Waals surface area (Å²) in [7, 11) is 0. The van der Waals surface area contributed by atoms with Gasteiger partial charge in [-0.15, -0.1) is 0 Å². The van der Waals surface area contributed by atoms with Gasteiger partial charge >= 0.3 is 0 Å². The highest BCUT2D eigenvalue weighted by molar-refractivity contribution is 6.68. The molecule has 0 saturated carbocycles. The van der Waals surface area contributed by atoms with Crippen molar-refractivity contribution in [3.8, 4) is 0 Å². The summed E-state index contributed by atoms with van der Waals surface area (Å²) in [6, 6.07) is 4.76.